The predicted molar refractivity (Wildman–Crippen MR) is 140 cm³/mol. The molecule has 0 aromatic heterocycles. The molecule has 1 amide bonds. The van der Waals surface area contributed by atoms with E-state index in [0.29, 0.717) is 19.0 Å². The van der Waals surface area contributed by atoms with E-state index in [0.717, 1.165) is 38.4 Å². The van der Waals surface area contributed by atoms with E-state index in [2.05, 4.69) is 20.9 Å². The lowest BCUT2D eigenvalue weighted by Crippen LogP contribution is -2.52. The summed E-state index contributed by atoms with van der Waals surface area (Å²) in [6.45, 7) is 1.76. The number of hydrogen-bond donors (Lipinski definition) is 5. The molecule has 14 heteroatoms. The fourth-order valence-corrected chi connectivity index (χ4v) is 5.63. The van der Waals surface area contributed by atoms with E-state index in [1.54, 1.807) is 11.0 Å². The Hall–Kier alpha value is -3.78. The van der Waals surface area contributed by atoms with Gasteiger partial charge in [-0.1, -0.05) is 18.2 Å². The molecule has 0 radical (unpaired) electrons. The van der Waals surface area contributed by atoms with Crippen molar-refractivity contribution in [3.8, 4) is 0 Å². The van der Waals surface area contributed by atoms with Crippen LogP contribution in [0, 0.1) is 11.6 Å². The van der Waals surface area contributed by atoms with Crippen molar-refractivity contribution in [1.29, 1.82) is 0 Å². The van der Waals surface area contributed by atoms with Crippen LogP contribution in [0.4, 0.5) is 14.5 Å². The third kappa shape index (κ3) is 7.00. The first-order valence-corrected chi connectivity index (χ1v) is 14.0. The van der Waals surface area contributed by atoms with Gasteiger partial charge in [-0.15, -0.1) is 0 Å². The van der Waals surface area contributed by atoms with Gasteiger partial charge in [0, 0.05) is 38.8 Å². The van der Waals surface area contributed by atoms with Gasteiger partial charge in [0.05, 0.1) is 16.1 Å². The Kier molecular flexibility index (Phi) is 8.97. The second kappa shape index (κ2) is 12.4. The first kappa shape index (κ1) is 28.2. The van der Waals surface area contributed by atoms with Gasteiger partial charge >= 0.3 is 5.97 Å². The summed E-state index contributed by atoms with van der Waals surface area (Å²) < 4.78 is 57.0. The fraction of sp³-hybridized carbons (Fsp3) is 0.400. The van der Waals surface area contributed by atoms with E-state index in [-0.39, 0.29) is 16.6 Å². The van der Waals surface area contributed by atoms with Crippen LogP contribution < -0.4 is 25.6 Å². The van der Waals surface area contributed by atoms with Crippen molar-refractivity contribution in [2.45, 2.75) is 36.2 Å². The van der Waals surface area contributed by atoms with Gasteiger partial charge in [0.2, 0.25) is 10.0 Å². The zero-order valence-corrected chi connectivity index (χ0v) is 21.8. The summed E-state index contributed by atoms with van der Waals surface area (Å²) >= 11 is 0. The van der Waals surface area contributed by atoms with Crippen LogP contribution in [0.5, 0.6) is 0 Å². The Balaban J connectivity index is 1.41. The molecule has 2 aromatic rings. The summed E-state index contributed by atoms with van der Waals surface area (Å²) in [5, 5.41) is 18.1. The molecule has 210 valence electrons. The fourth-order valence-electron chi connectivity index (χ4n) is 4.42. The number of rotatable bonds is 9. The van der Waals surface area contributed by atoms with Crippen molar-refractivity contribution in [3.05, 3.63) is 59.7 Å². The van der Waals surface area contributed by atoms with Crippen LogP contribution in [0.3, 0.4) is 0 Å². The Morgan fingerprint density at radius 1 is 1.13 bits per heavy atom. The highest BCUT2D eigenvalue weighted by molar-refractivity contribution is 7.89. The lowest BCUT2D eigenvalue weighted by atomic mass is 10.0. The predicted octanol–water partition coefficient (Wildman–Crippen LogP) is 1.03. The molecule has 2 atom stereocenters. The number of nitrogens with one attached hydrogen (secondary N) is 4. The Morgan fingerprint density at radius 3 is 2.59 bits per heavy atom. The molecule has 5 N–H and O–H groups in total. The molecule has 0 saturated carbocycles. The van der Waals surface area contributed by atoms with Crippen LogP contribution in [0.2, 0.25) is 0 Å². The zero-order chi connectivity index (χ0) is 28.0. The molecule has 0 bridgehead atoms. The first-order valence-electron chi connectivity index (χ1n) is 12.5. The molecule has 0 aliphatic carbocycles. The average molecular weight is 565 g/mol. The molecular weight excluding hydrogens is 534 g/mol. The van der Waals surface area contributed by atoms with Crippen molar-refractivity contribution in [3.63, 3.8) is 0 Å². The number of nitrogens with zero attached hydrogens (tertiary/aromatic N) is 2. The number of aliphatic carboxylic acids is 1. The van der Waals surface area contributed by atoms with E-state index in [9.17, 15) is 27.5 Å². The number of sulfonamides is 1. The van der Waals surface area contributed by atoms with Crippen LogP contribution >= 0.6 is 0 Å². The van der Waals surface area contributed by atoms with Crippen LogP contribution in [0.15, 0.2) is 52.4 Å². The summed E-state index contributed by atoms with van der Waals surface area (Å²) in [7, 11) is -4.20. The van der Waals surface area contributed by atoms with Gasteiger partial charge < -0.3 is 26.0 Å². The van der Waals surface area contributed by atoms with E-state index in [1.807, 2.05) is 4.72 Å². The molecule has 2 aliphatic heterocycles. The third-order valence-electron chi connectivity index (χ3n) is 6.42. The minimum Gasteiger partial charge on any atom is -0.480 e. The molecular formula is C25H30F2N6O5S. The molecule has 1 fully saturated rings. The molecule has 2 aliphatic rings. The number of halogens is 2. The molecule has 2 heterocycles. The molecule has 39 heavy (non-hydrogen) atoms. The Morgan fingerprint density at radius 2 is 1.90 bits per heavy atom. The van der Waals surface area contributed by atoms with Gasteiger partial charge in [-0.2, -0.15) is 4.72 Å². The molecule has 2 aromatic carbocycles. The average Bonchev–Trinajstić information content (AvgIpc) is 2.93. The van der Waals surface area contributed by atoms with Crippen molar-refractivity contribution in [2.75, 3.05) is 37.6 Å². The minimum absolute atomic E-state index is 0.00752. The topological polar surface area (TPSA) is 152 Å². The lowest BCUT2D eigenvalue weighted by Gasteiger charge is -2.36. The summed E-state index contributed by atoms with van der Waals surface area (Å²) in [5.41, 5.74) is -0.619. The van der Waals surface area contributed by atoms with E-state index >= 15 is 4.39 Å². The van der Waals surface area contributed by atoms with Gasteiger partial charge in [-0.25, -0.2) is 17.2 Å². The number of amides is 1. The van der Waals surface area contributed by atoms with Crippen molar-refractivity contribution in [1.82, 2.24) is 20.7 Å². The largest absolute Gasteiger partial charge is 0.480 e. The number of aliphatic imine (C=N–C) groups is 1. The molecule has 0 spiro atoms. The van der Waals surface area contributed by atoms with E-state index in [4.69, 9.17) is 0 Å². The third-order valence-corrected chi connectivity index (χ3v) is 7.91. The Bertz CT molecular complexity index is 1340. The standard InChI is InChI=1S/C25H30F2N6O5S/c26-21-18(23(34)30-14-19(24(35)36)32-39(37,38)17-7-2-1-3-8-17)9-10-20(22(21)27)33-13-4-6-16(15-33)31-25-28-11-5-12-29-25/h1-3,7-10,16,19,32H,4-6,11-15H2,(H,30,34)(H,35,36)(H2,28,29,31). The summed E-state index contributed by atoms with van der Waals surface area (Å²) in [6.07, 6.45) is 2.52. The number of carboxylic acid groups (broad SMARTS) is 1. The molecule has 2 unspecified atom stereocenters. The number of piperidine rings is 1. The number of carbonyl (C=O) groups is 2. The van der Waals surface area contributed by atoms with Gasteiger partial charge in [-0.3, -0.25) is 14.6 Å². The lowest BCUT2D eigenvalue weighted by molar-refractivity contribution is -0.138. The van der Waals surface area contributed by atoms with Crippen LogP contribution in [0.1, 0.15) is 29.6 Å². The molecule has 4 rings (SSSR count). The maximum atomic E-state index is 15.1. The van der Waals surface area contributed by atoms with Crippen molar-refractivity contribution in [2.24, 2.45) is 4.99 Å². The summed E-state index contributed by atoms with van der Waals surface area (Å²) in [4.78, 5) is 30.1. The second-order valence-electron chi connectivity index (χ2n) is 9.24. The van der Waals surface area contributed by atoms with Crippen molar-refractivity contribution < 1.29 is 31.9 Å². The minimum atomic E-state index is -4.20. The normalized spacial score (nSPS) is 18.5. The monoisotopic (exact) mass is 564 g/mol. The highest BCUT2D eigenvalue weighted by atomic mass is 32.2. The van der Waals surface area contributed by atoms with Gasteiger partial charge in [0.15, 0.2) is 17.6 Å². The quantitative estimate of drug-likeness (QED) is 0.303. The number of benzene rings is 2. The van der Waals surface area contributed by atoms with Crippen molar-refractivity contribution >= 4 is 33.5 Å². The van der Waals surface area contributed by atoms with Gasteiger partial charge in [0.25, 0.3) is 5.91 Å². The second-order valence-corrected chi connectivity index (χ2v) is 10.9. The highest BCUT2D eigenvalue weighted by Gasteiger charge is 2.29. The molecule has 11 nitrogen and oxygen atoms in total. The van der Waals surface area contributed by atoms with E-state index in [1.165, 1.54) is 30.3 Å². The van der Waals surface area contributed by atoms with Crippen LogP contribution in [0.25, 0.3) is 0 Å². The maximum Gasteiger partial charge on any atom is 0.323 e. The number of carboxylic acids is 1. The smallest absolute Gasteiger partial charge is 0.323 e. The number of carbonyl (C=O) groups excluding carboxylic acids is 1. The van der Waals surface area contributed by atoms with Crippen LogP contribution in [-0.2, 0) is 14.8 Å². The number of anilines is 1. The molecule has 1 saturated heterocycles. The number of hydrogen-bond acceptors (Lipinski definition) is 8. The summed E-state index contributed by atoms with van der Waals surface area (Å²) in [5.74, 6) is -4.52. The highest BCUT2D eigenvalue weighted by Crippen LogP contribution is 2.27. The Labute approximate surface area is 224 Å². The SMILES string of the molecule is O=C(NCC(NS(=O)(=O)c1ccccc1)C(=O)O)c1ccc(N2CCCC(NC3=NCCCN3)C2)c(F)c1F. The van der Waals surface area contributed by atoms with E-state index < -0.39 is 51.7 Å². The van der Waals surface area contributed by atoms with Gasteiger partial charge in [0.1, 0.15) is 6.04 Å². The number of guanidine groups is 1. The van der Waals surface area contributed by atoms with Crippen LogP contribution in [-0.4, -0.2) is 76.2 Å². The maximum absolute atomic E-state index is 15.1. The zero-order valence-electron chi connectivity index (χ0n) is 21.0. The first-order chi connectivity index (χ1) is 18.7. The summed E-state index contributed by atoms with van der Waals surface area (Å²) in [6, 6.07) is 7.75. The van der Waals surface area contributed by atoms with Gasteiger partial charge in [-0.05, 0) is 43.5 Å².